The summed E-state index contributed by atoms with van der Waals surface area (Å²) >= 11 is 0. The van der Waals surface area contributed by atoms with Crippen molar-refractivity contribution < 1.29 is 14.0 Å². The van der Waals surface area contributed by atoms with Crippen LogP contribution in [0.4, 0.5) is 0 Å². The van der Waals surface area contributed by atoms with E-state index in [4.69, 9.17) is 14.0 Å². The van der Waals surface area contributed by atoms with Gasteiger partial charge in [-0.3, -0.25) is 0 Å². The normalized spacial score (nSPS) is 10.6. The third-order valence-electron chi connectivity index (χ3n) is 3.83. The van der Waals surface area contributed by atoms with E-state index in [9.17, 15) is 0 Å². The molecular weight excluding hydrogens is 290 g/mol. The number of benzene rings is 2. The molecule has 0 bridgehead atoms. The maximum absolute atomic E-state index is 5.55. The first kappa shape index (κ1) is 15.2. The van der Waals surface area contributed by atoms with Gasteiger partial charge in [-0.2, -0.15) is 0 Å². The molecule has 118 valence electrons. The lowest BCUT2D eigenvalue weighted by Gasteiger charge is -2.06. The third kappa shape index (κ3) is 2.93. The van der Waals surface area contributed by atoms with Crippen molar-refractivity contribution in [1.82, 2.24) is 5.16 Å². The van der Waals surface area contributed by atoms with Crippen LogP contribution < -0.4 is 9.47 Å². The maximum Gasteiger partial charge on any atom is 0.144 e. The molecule has 4 heteroatoms. The van der Waals surface area contributed by atoms with Gasteiger partial charge in [0.25, 0.3) is 0 Å². The fraction of sp³-hybridized carbons (Fsp3) is 0.211. The molecule has 2 aromatic carbocycles. The van der Waals surface area contributed by atoms with E-state index in [0.717, 1.165) is 46.1 Å². The quantitative estimate of drug-likeness (QED) is 0.691. The number of aryl methyl sites for hydroxylation is 1. The van der Waals surface area contributed by atoms with Crippen LogP contribution in [0.15, 0.2) is 53.1 Å². The lowest BCUT2D eigenvalue weighted by atomic mass is 9.98. The van der Waals surface area contributed by atoms with E-state index in [-0.39, 0.29) is 0 Å². The zero-order valence-electron chi connectivity index (χ0n) is 13.5. The highest BCUT2D eigenvalue weighted by atomic mass is 16.5. The summed E-state index contributed by atoms with van der Waals surface area (Å²) in [5.74, 6) is 2.52. The third-order valence-corrected chi connectivity index (χ3v) is 3.83. The first-order valence-electron chi connectivity index (χ1n) is 7.54. The van der Waals surface area contributed by atoms with Crippen molar-refractivity contribution >= 4 is 0 Å². The minimum Gasteiger partial charge on any atom is -0.497 e. The molecule has 3 aromatic rings. The largest absolute Gasteiger partial charge is 0.497 e. The lowest BCUT2D eigenvalue weighted by molar-refractivity contribution is 0.389. The number of hydrogen-bond acceptors (Lipinski definition) is 4. The molecule has 0 unspecified atom stereocenters. The lowest BCUT2D eigenvalue weighted by Crippen LogP contribution is -1.88. The molecule has 0 N–H and O–H groups in total. The Bertz CT molecular complexity index is 773. The first-order chi connectivity index (χ1) is 11.3. The minimum absolute atomic E-state index is 0.782. The summed E-state index contributed by atoms with van der Waals surface area (Å²) in [5.41, 5.74) is 3.93. The van der Waals surface area contributed by atoms with E-state index in [1.807, 2.05) is 48.5 Å². The Balaban J connectivity index is 2.08. The van der Waals surface area contributed by atoms with Crippen LogP contribution >= 0.6 is 0 Å². The Labute approximate surface area is 135 Å². The van der Waals surface area contributed by atoms with Crippen molar-refractivity contribution in [3.8, 4) is 33.9 Å². The zero-order valence-corrected chi connectivity index (χ0v) is 13.5. The second-order valence-corrected chi connectivity index (χ2v) is 5.14. The Morgan fingerprint density at radius 3 is 1.83 bits per heavy atom. The second-order valence-electron chi connectivity index (χ2n) is 5.14. The van der Waals surface area contributed by atoms with E-state index in [1.54, 1.807) is 14.2 Å². The molecule has 0 spiro atoms. The molecule has 1 heterocycles. The molecule has 4 nitrogen and oxygen atoms in total. The van der Waals surface area contributed by atoms with Gasteiger partial charge in [-0.25, -0.2) is 0 Å². The number of aromatic nitrogens is 1. The van der Waals surface area contributed by atoms with Crippen molar-refractivity contribution in [3.63, 3.8) is 0 Å². The van der Waals surface area contributed by atoms with Crippen LogP contribution in [0.3, 0.4) is 0 Å². The number of methoxy groups -OCH3 is 2. The fourth-order valence-corrected chi connectivity index (χ4v) is 2.57. The number of hydrogen-bond donors (Lipinski definition) is 0. The van der Waals surface area contributed by atoms with Gasteiger partial charge in [0.15, 0.2) is 0 Å². The van der Waals surface area contributed by atoms with Crippen LogP contribution in [0, 0.1) is 0 Å². The van der Waals surface area contributed by atoms with Crippen molar-refractivity contribution in [2.75, 3.05) is 14.2 Å². The summed E-state index contributed by atoms with van der Waals surface area (Å²) < 4.78 is 16.0. The first-order valence-corrected chi connectivity index (χ1v) is 7.54. The fourth-order valence-electron chi connectivity index (χ4n) is 2.57. The Morgan fingerprint density at radius 2 is 1.35 bits per heavy atom. The predicted octanol–water partition coefficient (Wildman–Crippen LogP) is 4.59. The monoisotopic (exact) mass is 309 g/mol. The summed E-state index contributed by atoms with van der Waals surface area (Å²) in [7, 11) is 3.32. The summed E-state index contributed by atoms with van der Waals surface area (Å²) in [4.78, 5) is 0. The average Bonchev–Trinajstić information content (AvgIpc) is 3.06. The van der Waals surface area contributed by atoms with Gasteiger partial charge >= 0.3 is 0 Å². The summed E-state index contributed by atoms with van der Waals surface area (Å²) in [6.07, 6.45) is 0.782. The summed E-state index contributed by atoms with van der Waals surface area (Å²) in [6, 6.07) is 15.8. The predicted molar refractivity (Wildman–Crippen MR) is 89.9 cm³/mol. The SMILES string of the molecule is CCc1onc(-c2ccc(OC)cc2)c1-c1ccc(OC)cc1. The molecule has 0 saturated carbocycles. The van der Waals surface area contributed by atoms with Gasteiger partial charge < -0.3 is 14.0 Å². The zero-order chi connectivity index (χ0) is 16.2. The van der Waals surface area contributed by atoms with Gasteiger partial charge in [-0.1, -0.05) is 24.2 Å². The van der Waals surface area contributed by atoms with Gasteiger partial charge in [-0.15, -0.1) is 0 Å². The molecule has 3 rings (SSSR count). The summed E-state index contributed by atoms with van der Waals surface area (Å²) in [6.45, 7) is 2.06. The van der Waals surface area contributed by atoms with Gasteiger partial charge in [-0.05, 0) is 42.0 Å². The molecule has 0 amide bonds. The highest BCUT2D eigenvalue weighted by Crippen LogP contribution is 2.36. The molecule has 0 aliphatic rings. The molecule has 0 aliphatic carbocycles. The van der Waals surface area contributed by atoms with Crippen molar-refractivity contribution in [1.29, 1.82) is 0 Å². The van der Waals surface area contributed by atoms with E-state index >= 15 is 0 Å². The van der Waals surface area contributed by atoms with E-state index in [1.165, 1.54) is 0 Å². The Morgan fingerprint density at radius 1 is 0.826 bits per heavy atom. The molecule has 0 fully saturated rings. The van der Waals surface area contributed by atoms with Crippen LogP contribution in [-0.4, -0.2) is 19.4 Å². The molecule has 0 saturated heterocycles. The highest BCUT2D eigenvalue weighted by Gasteiger charge is 2.18. The number of rotatable bonds is 5. The van der Waals surface area contributed by atoms with Gasteiger partial charge in [0.05, 0.1) is 19.8 Å². The maximum atomic E-state index is 5.55. The number of nitrogens with zero attached hydrogens (tertiary/aromatic N) is 1. The van der Waals surface area contributed by atoms with Gasteiger partial charge in [0, 0.05) is 12.0 Å². The summed E-state index contributed by atoms with van der Waals surface area (Å²) in [5, 5.41) is 4.28. The minimum atomic E-state index is 0.782. The Hall–Kier alpha value is -2.75. The van der Waals surface area contributed by atoms with Crippen LogP contribution in [0.5, 0.6) is 11.5 Å². The molecule has 1 aromatic heterocycles. The average molecular weight is 309 g/mol. The van der Waals surface area contributed by atoms with Crippen LogP contribution in [0.25, 0.3) is 22.4 Å². The highest BCUT2D eigenvalue weighted by molar-refractivity contribution is 5.82. The Kier molecular flexibility index (Phi) is 4.33. The molecule has 23 heavy (non-hydrogen) atoms. The van der Waals surface area contributed by atoms with Crippen LogP contribution in [-0.2, 0) is 6.42 Å². The van der Waals surface area contributed by atoms with Gasteiger partial charge in [0.1, 0.15) is 23.0 Å². The molecule has 0 atom stereocenters. The number of ether oxygens (including phenoxy) is 2. The van der Waals surface area contributed by atoms with Crippen LogP contribution in [0.1, 0.15) is 12.7 Å². The van der Waals surface area contributed by atoms with E-state index < -0.39 is 0 Å². The molecule has 0 aliphatic heterocycles. The standard InChI is InChI=1S/C19H19NO3/c1-4-17-18(13-5-9-15(21-2)10-6-13)19(20-23-17)14-7-11-16(22-3)12-8-14/h5-12H,4H2,1-3H3. The smallest absolute Gasteiger partial charge is 0.144 e. The second kappa shape index (κ2) is 6.57. The molecule has 0 radical (unpaired) electrons. The van der Waals surface area contributed by atoms with E-state index in [0.29, 0.717) is 0 Å². The van der Waals surface area contributed by atoms with E-state index in [2.05, 4.69) is 12.1 Å². The van der Waals surface area contributed by atoms with Crippen molar-refractivity contribution in [2.24, 2.45) is 0 Å². The topological polar surface area (TPSA) is 44.5 Å². The van der Waals surface area contributed by atoms with Crippen LogP contribution in [0.2, 0.25) is 0 Å². The van der Waals surface area contributed by atoms with Gasteiger partial charge in [0.2, 0.25) is 0 Å². The molecular formula is C19H19NO3. The van der Waals surface area contributed by atoms with Crippen molar-refractivity contribution in [3.05, 3.63) is 54.3 Å². The van der Waals surface area contributed by atoms with Crippen molar-refractivity contribution in [2.45, 2.75) is 13.3 Å².